The van der Waals surface area contributed by atoms with E-state index in [1.54, 1.807) is 36.5 Å². The molecule has 0 radical (unpaired) electrons. The van der Waals surface area contributed by atoms with Crippen LogP contribution in [0.4, 0.5) is 8.78 Å². The van der Waals surface area contributed by atoms with E-state index < -0.39 is 11.6 Å². The van der Waals surface area contributed by atoms with Gasteiger partial charge in [-0.05, 0) is 29.3 Å². The zero-order valence-corrected chi connectivity index (χ0v) is 15.8. The summed E-state index contributed by atoms with van der Waals surface area (Å²) in [6.45, 7) is 0. The van der Waals surface area contributed by atoms with Crippen LogP contribution in [0, 0.1) is 34.3 Å². The van der Waals surface area contributed by atoms with Gasteiger partial charge in [-0.15, -0.1) is 0 Å². The van der Waals surface area contributed by atoms with E-state index in [0.29, 0.717) is 39.1 Å². The van der Waals surface area contributed by atoms with E-state index >= 15 is 0 Å². The summed E-state index contributed by atoms with van der Waals surface area (Å²) in [6.07, 6.45) is 4.01. The Hall–Kier alpha value is -4.55. The van der Waals surface area contributed by atoms with Crippen molar-refractivity contribution in [2.75, 3.05) is 0 Å². The van der Waals surface area contributed by atoms with Crippen LogP contribution in [0.15, 0.2) is 66.4 Å². The van der Waals surface area contributed by atoms with Gasteiger partial charge in [0.1, 0.15) is 17.4 Å². The van der Waals surface area contributed by atoms with Crippen LogP contribution < -0.4 is 0 Å². The Morgan fingerprint density at radius 2 is 1.58 bits per heavy atom. The summed E-state index contributed by atoms with van der Waals surface area (Å²) in [5, 5.41) is 29.4. The number of hydrogen-bond donors (Lipinski definition) is 1. The first kappa shape index (κ1) is 18.5. The van der Waals surface area contributed by atoms with Crippen molar-refractivity contribution in [3.05, 3.63) is 100 Å². The molecule has 31 heavy (non-hydrogen) atoms. The minimum Gasteiger partial charge on any atom is -0.507 e. The third-order valence-electron chi connectivity index (χ3n) is 5.45. The van der Waals surface area contributed by atoms with Crippen LogP contribution in [0.5, 0.6) is 5.75 Å². The van der Waals surface area contributed by atoms with Crippen molar-refractivity contribution in [1.82, 2.24) is 4.98 Å². The fraction of sp³-hybridized carbons (Fsp3) is 0. The number of allylic oxidation sites excluding steroid dienone is 5. The lowest BCUT2D eigenvalue weighted by Gasteiger charge is -2.11. The molecule has 0 saturated heterocycles. The molecule has 2 aliphatic carbocycles. The number of aromatic hydroxyl groups is 1. The van der Waals surface area contributed by atoms with Gasteiger partial charge >= 0.3 is 0 Å². The second-order valence-corrected chi connectivity index (χ2v) is 7.03. The largest absolute Gasteiger partial charge is 0.507 e. The molecule has 1 aromatic heterocycles. The molecule has 2 aromatic carbocycles. The van der Waals surface area contributed by atoms with E-state index in [2.05, 4.69) is 4.98 Å². The van der Waals surface area contributed by atoms with Crippen molar-refractivity contribution in [3.8, 4) is 29.1 Å². The molecule has 4 nitrogen and oxygen atoms in total. The molecule has 0 saturated carbocycles. The standard InChI is InChI=1S/C25H11F2N3O/c26-13-11-18-14(6-8-28)22(16(7-9-29)21(18)19(27)12-13)23-15-3-1-5-20(31)24(15)25-17(23)4-2-10-30-25/h1-7,10-12,31H/b14-6+,16-7?,23-22+. The lowest BCUT2D eigenvalue weighted by molar-refractivity contribution is 0.477. The van der Waals surface area contributed by atoms with E-state index in [9.17, 15) is 24.4 Å². The molecule has 0 amide bonds. The van der Waals surface area contributed by atoms with Gasteiger partial charge < -0.3 is 5.11 Å². The minimum atomic E-state index is -0.823. The summed E-state index contributed by atoms with van der Waals surface area (Å²) in [7, 11) is 0. The van der Waals surface area contributed by atoms with Crippen LogP contribution in [0.25, 0.3) is 28.0 Å². The molecule has 3 aromatic rings. The van der Waals surface area contributed by atoms with E-state index in [1.807, 2.05) is 12.1 Å². The Labute approximate surface area is 176 Å². The fourth-order valence-corrected chi connectivity index (χ4v) is 4.38. The van der Waals surface area contributed by atoms with Gasteiger partial charge in [0.2, 0.25) is 0 Å². The number of hydrogen-bond acceptors (Lipinski definition) is 4. The van der Waals surface area contributed by atoms with Crippen molar-refractivity contribution >= 4 is 16.7 Å². The maximum Gasteiger partial charge on any atom is 0.134 e. The molecule has 0 fully saturated rings. The number of aromatic nitrogens is 1. The molecule has 1 N–H and O–H groups in total. The van der Waals surface area contributed by atoms with E-state index in [-0.39, 0.29) is 22.4 Å². The zero-order chi connectivity index (χ0) is 21.7. The summed E-state index contributed by atoms with van der Waals surface area (Å²) < 4.78 is 29.0. The second kappa shape index (κ2) is 6.76. The van der Waals surface area contributed by atoms with Crippen LogP contribution in [-0.2, 0) is 0 Å². The van der Waals surface area contributed by atoms with Gasteiger partial charge in [0.25, 0.3) is 0 Å². The van der Waals surface area contributed by atoms with Crippen molar-refractivity contribution in [3.63, 3.8) is 0 Å². The normalized spacial score (nSPS) is 18.5. The first-order valence-electron chi connectivity index (χ1n) is 9.29. The zero-order valence-electron chi connectivity index (χ0n) is 15.8. The number of phenolic OH excluding ortho intramolecular Hbond substituents is 1. The highest BCUT2D eigenvalue weighted by atomic mass is 19.1. The van der Waals surface area contributed by atoms with Gasteiger partial charge in [-0.25, -0.2) is 8.78 Å². The van der Waals surface area contributed by atoms with Crippen molar-refractivity contribution < 1.29 is 13.9 Å². The van der Waals surface area contributed by atoms with Gasteiger partial charge in [-0.1, -0.05) is 18.2 Å². The van der Waals surface area contributed by atoms with Crippen LogP contribution in [-0.4, -0.2) is 10.1 Å². The van der Waals surface area contributed by atoms with E-state index in [0.717, 1.165) is 12.1 Å². The number of rotatable bonds is 0. The quantitative estimate of drug-likeness (QED) is 0.397. The second-order valence-electron chi connectivity index (χ2n) is 7.03. The minimum absolute atomic E-state index is 0.0254. The van der Waals surface area contributed by atoms with Crippen LogP contribution in [0.1, 0.15) is 22.3 Å². The predicted molar refractivity (Wildman–Crippen MR) is 111 cm³/mol. The molecular formula is C25H11F2N3O. The first-order chi connectivity index (χ1) is 15.1. The summed E-state index contributed by atoms with van der Waals surface area (Å²) in [4.78, 5) is 4.41. The number of nitriles is 2. The Morgan fingerprint density at radius 3 is 2.35 bits per heavy atom. The molecule has 5 rings (SSSR count). The average molecular weight is 407 g/mol. The number of pyridine rings is 1. The van der Waals surface area contributed by atoms with Gasteiger partial charge in [0.05, 0.1) is 23.4 Å². The molecule has 2 aliphatic rings. The summed E-state index contributed by atoms with van der Waals surface area (Å²) in [6, 6.07) is 14.3. The highest BCUT2D eigenvalue weighted by Gasteiger charge is 2.37. The van der Waals surface area contributed by atoms with Crippen LogP contribution >= 0.6 is 0 Å². The molecular weight excluding hydrogens is 396 g/mol. The number of fused-ring (bicyclic) bond motifs is 4. The third kappa shape index (κ3) is 2.52. The van der Waals surface area contributed by atoms with Crippen molar-refractivity contribution in [1.29, 1.82) is 10.5 Å². The maximum atomic E-state index is 14.9. The SMILES string of the molecule is N#CC=C1C(=C2/c3cccnc3-c3c(O)cccc32)/C(=C/C#N)c2cc(F)cc(F)c21. The monoisotopic (exact) mass is 407 g/mol. The van der Waals surface area contributed by atoms with Gasteiger partial charge in [0.15, 0.2) is 0 Å². The smallest absolute Gasteiger partial charge is 0.134 e. The highest BCUT2D eigenvalue weighted by Crippen LogP contribution is 2.56. The van der Waals surface area contributed by atoms with Crippen molar-refractivity contribution in [2.24, 2.45) is 0 Å². The fourth-order valence-electron chi connectivity index (χ4n) is 4.38. The third-order valence-corrected chi connectivity index (χ3v) is 5.45. The molecule has 0 bridgehead atoms. The molecule has 0 unspecified atom stereocenters. The Balaban J connectivity index is 1.99. The van der Waals surface area contributed by atoms with Crippen LogP contribution in [0.3, 0.4) is 0 Å². The van der Waals surface area contributed by atoms with Gasteiger partial charge in [0, 0.05) is 57.8 Å². The van der Waals surface area contributed by atoms with Gasteiger partial charge in [-0.2, -0.15) is 10.5 Å². The lowest BCUT2D eigenvalue weighted by Crippen LogP contribution is -1.92. The predicted octanol–water partition coefficient (Wildman–Crippen LogP) is 5.38. The molecule has 1 heterocycles. The van der Waals surface area contributed by atoms with Gasteiger partial charge in [-0.3, -0.25) is 4.98 Å². The summed E-state index contributed by atoms with van der Waals surface area (Å²) in [5.41, 5.74) is 4.16. The van der Waals surface area contributed by atoms with E-state index in [1.165, 1.54) is 12.2 Å². The maximum absolute atomic E-state index is 14.9. The number of nitrogens with zero attached hydrogens (tertiary/aromatic N) is 3. The van der Waals surface area contributed by atoms with Crippen molar-refractivity contribution in [2.45, 2.75) is 0 Å². The first-order valence-corrected chi connectivity index (χ1v) is 9.29. The Morgan fingerprint density at radius 1 is 0.839 bits per heavy atom. The highest BCUT2D eigenvalue weighted by molar-refractivity contribution is 6.19. The summed E-state index contributed by atoms with van der Waals surface area (Å²) in [5.74, 6) is -1.58. The number of phenols is 1. The topological polar surface area (TPSA) is 80.7 Å². The number of benzene rings is 2. The average Bonchev–Trinajstić information content (AvgIpc) is 3.22. The molecule has 6 heteroatoms. The Bertz CT molecular complexity index is 1480. The molecule has 0 spiro atoms. The molecule has 146 valence electrons. The Kier molecular flexibility index (Phi) is 4.03. The van der Waals surface area contributed by atoms with E-state index in [4.69, 9.17) is 0 Å². The molecule has 0 atom stereocenters. The molecule has 0 aliphatic heterocycles. The number of halogens is 2. The summed E-state index contributed by atoms with van der Waals surface area (Å²) >= 11 is 0. The lowest BCUT2D eigenvalue weighted by atomic mass is 9.91. The van der Waals surface area contributed by atoms with Crippen LogP contribution in [0.2, 0.25) is 0 Å².